The number of nitrogens with zero attached hydrogens (tertiary/aromatic N) is 1. The normalized spacial score (nSPS) is 13.5. The molecule has 0 saturated heterocycles. The van der Waals surface area contributed by atoms with Crippen LogP contribution in [0.4, 0.5) is 4.79 Å². The fraction of sp³-hybridized carbons (Fsp3) is 0.683. The van der Waals surface area contributed by atoms with Crippen LogP contribution in [0, 0.1) is 0 Å². The summed E-state index contributed by atoms with van der Waals surface area (Å²) in [5, 5.41) is 13.2. The standard InChI is InChI=1S/C60H98N6O11S2/c1-8-10-11-12-13-14-15-16-17-18-19-20-23-35-56(71)79-45-50(63-53(68)43-62-52(67)34-22-21-26-40-66-54(69)36-37-55(66)70)58(73)64-49(33-24-25-39-61-60(75)77-41-9-2)57(72)65-51(59(74)76-7)44-78-42-38-48(6)32-28-31-47(5)30-27-29-46(3)4/h9,29,31,36-38,49-51H,2,8,10-28,30,32-35,39-45H2,1,3-7H3,(H,61,75)(H,62,67)(H,63,68)(H,64,73)(H,65,72)/b47-31+,48-38+/t49-,50-,51-/m0/s1. The Kier molecular flexibility index (Phi) is 42.3. The number of methoxy groups -OCH3 is 1. The van der Waals surface area contributed by atoms with Crippen molar-refractivity contribution in [3.63, 3.8) is 0 Å². The Morgan fingerprint density at radius 1 is 0.620 bits per heavy atom. The minimum absolute atomic E-state index is 0.0326. The third-order valence-electron chi connectivity index (χ3n) is 13.1. The molecule has 0 aromatic carbocycles. The molecular formula is C60H98N6O11S2. The van der Waals surface area contributed by atoms with E-state index < -0.39 is 60.4 Å². The van der Waals surface area contributed by atoms with Gasteiger partial charge >= 0.3 is 12.1 Å². The number of carbonyl (C=O) groups is 9. The maximum atomic E-state index is 14.2. The lowest BCUT2D eigenvalue weighted by molar-refractivity contribution is -0.144. The van der Waals surface area contributed by atoms with Gasteiger partial charge in [0, 0.05) is 55.3 Å². The van der Waals surface area contributed by atoms with Crippen molar-refractivity contribution in [2.24, 2.45) is 0 Å². The van der Waals surface area contributed by atoms with Crippen LogP contribution >= 0.6 is 23.5 Å². The molecule has 0 fully saturated rings. The van der Waals surface area contributed by atoms with Crippen LogP contribution in [-0.4, -0.2) is 126 Å². The van der Waals surface area contributed by atoms with E-state index in [1.807, 2.05) is 0 Å². The Morgan fingerprint density at radius 3 is 1.81 bits per heavy atom. The molecule has 5 N–H and O–H groups in total. The second kappa shape index (κ2) is 46.6. The predicted octanol–water partition coefficient (Wildman–Crippen LogP) is 10.2. The molecule has 1 aliphatic heterocycles. The van der Waals surface area contributed by atoms with E-state index in [0.717, 1.165) is 61.6 Å². The van der Waals surface area contributed by atoms with Crippen molar-refractivity contribution in [3.8, 4) is 0 Å². The molecule has 19 heteroatoms. The highest BCUT2D eigenvalue weighted by atomic mass is 32.2. The van der Waals surface area contributed by atoms with Crippen LogP contribution in [-0.2, 0) is 47.8 Å². The van der Waals surface area contributed by atoms with E-state index in [1.54, 1.807) is 0 Å². The molecule has 0 bridgehead atoms. The molecular weight excluding hydrogens is 1040 g/mol. The van der Waals surface area contributed by atoms with E-state index in [1.165, 1.54) is 112 Å². The van der Waals surface area contributed by atoms with Gasteiger partial charge in [-0.1, -0.05) is 150 Å². The van der Waals surface area contributed by atoms with Crippen molar-refractivity contribution in [1.82, 2.24) is 31.5 Å². The van der Waals surface area contributed by atoms with Gasteiger partial charge < -0.3 is 36.1 Å². The molecule has 0 aromatic heterocycles. The maximum Gasteiger partial charge on any atom is 0.407 e. The number of hydrogen-bond acceptors (Lipinski definition) is 13. The average Bonchev–Trinajstić information content (AvgIpc) is 3.74. The van der Waals surface area contributed by atoms with E-state index in [-0.39, 0.29) is 61.0 Å². The summed E-state index contributed by atoms with van der Waals surface area (Å²) in [5.74, 6) is -3.30. The second-order valence-electron chi connectivity index (χ2n) is 20.5. The van der Waals surface area contributed by atoms with Crippen LogP contribution in [0.1, 0.15) is 195 Å². The maximum absolute atomic E-state index is 14.2. The highest BCUT2D eigenvalue weighted by Gasteiger charge is 2.31. The van der Waals surface area contributed by atoms with Crippen LogP contribution in [0.5, 0.6) is 0 Å². The highest BCUT2D eigenvalue weighted by molar-refractivity contribution is 8.13. The van der Waals surface area contributed by atoms with Gasteiger partial charge in [0.15, 0.2) is 5.12 Å². The van der Waals surface area contributed by atoms with Crippen molar-refractivity contribution < 1.29 is 52.6 Å². The molecule has 1 heterocycles. The van der Waals surface area contributed by atoms with Crippen molar-refractivity contribution in [2.45, 2.75) is 213 Å². The number of rotatable bonds is 47. The van der Waals surface area contributed by atoms with Gasteiger partial charge in [-0.3, -0.25) is 38.5 Å². The van der Waals surface area contributed by atoms with Crippen molar-refractivity contribution in [1.29, 1.82) is 0 Å². The number of nitrogens with one attached hydrogen (secondary N) is 5. The van der Waals surface area contributed by atoms with E-state index >= 15 is 0 Å². The zero-order valence-corrected chi connectivity index (χ0v) is 50.4. The Bertz CT molecular complexity index is 1990. The Morgan fingerprint density at radius 2 is 1.19 bits per heavy atom. The summed E-state index contributed by atoms with van der Waals surface area (Å²) in [6.07, 6.45) is 31.6. The minimum Gasteiger partial charge on any atom is -0.467 e. The summed E-state index contributed by atoms with van der Waals surface area (Å²) in [5.41, 5.74) is 3.87. The molecule has 0 spiro atoms. The molecule has 0 radical (unpaired) electrons. The fourth-order valence-electron chi connectivity index (χ4n) is 8.31. The number of allylic oxidation sites excluding steroid dienone is 5. The zero-order valence-electron chi connectivity index (χ0n) is 48.8. The van der Waals surface area contributed by atoms with Gasteiger partial charge in [0.25, 0.3) is 11.8 Å². The van der Waals surface area contributed by atoms with Crippen LogP contribution in [0.25, 0.3) is 0 Å². The van der Waals surface area contributed by atoms with Gasteiger partial charge in [-0.05, 0) is 91.9 Å². The van der Waals surface area contributed by atoms with Crippen LogP contribution in [0.3, 0.4) is 0 Å². The van der Waals surface area contributed by atoms with Crippen LogP contribution in [0.15, 0.2) is 59.8 Å². The quantitative estimate of drug-likeness (QED) is 0.0165. The first kappa shape index (κ1) is 71.8. The van der Waals surface area contributed by atoms with Gasteiger partial charge in [-0.15, -0.1) is 0 Å². The van der Waals surface area contributed by atoms with Crippen molar-refractivity contribution in [3.05, 3.63) is 59.8 Å². The second-order valence-corrected chi connectivity index (χ2v) is 22.6. The molecule has 79 heavy (non-hydrogen) atoms. The molecule has 7 amide bonds. The molecule has 0 aliphatic carbocycles. The molecule has 0 aromatic rings. The number of unbranched alkanes of at least 4 members (excludes halogenated alkanes) is 15. The number of carbonyl (C=O) groups excluding carboxylic acids is 9. The lowest BCUT2D eigenvalue weighted by Gasteiger charge is -2.25. The van der Waals surface area contributed by atoms with E-state index in [4.69, 9.17) is 9.47 Å². The number of ether oxygens (including phenoxy) is 2. The molecule has 1 rings (SSSR count). The smallest absolute Gasteiger partial charge is 0.407 e. The van der Waals surface area contributed by atoms with Gasteiger partial charge in [0.05, 0.1) is 13.7 Å². The number of thioether (sulfide) groups is 2. The lowest BCUT2D eigenvalue weighted by Crippen LogP contribution is -2.57. The van der Waals surface area contributed by atoms with E-state index in [0.29, 0.717) is 50.7 Å². The molecule has 0 saturated carbocycles. The Balaban J connectivity index is 3.08. The summed E-state index contributed by atoms with van der Waals surface area (Å²) in [4.78, 5) is 118. The summed E-state index contributed by atoms with van der Waals surface area (Å²) in [6.45, 7) is 14.2. The third-order valence-corrected chi connectivity index (χ3v) is 15.1. The highest BCUT2D eigenvalue weighted by Crippen LogP contribution is 2.18. The number of alkyl carbamates (subject to hydrolysis) is 1. The van der Waals surface area contributed by atoms with Gasteiger partial charge in [-0.25, -0.2) is 9.59 Å². The summed E-state index contributed by atoms with van der Waals surface area (Å²) < 4.78 is 10.0. The Hall–Kier alpha value is -5.17. The molecule has 3 atom stereocenters. The molecule has 1 aliphatic rings. The molecule has 17 nitrogen and oxygen atoms in total. The number of esters is 1. The number of imide groups is 1. The SMILES string of the molecule is C=CCOC(=O)NCCCC[C@H](NC(=O)[C@H](CSC(=O)CCCCCCCCCCCCCCC)NC(=O)CNC(=O)CCCCCN1C(=O)C=CC1=O)C(=O)N[C@@H](CSC/C=C(\C)CC/C=C(\C)CCC=C(C)C)C(=O)OC. The number of amides is 7. The summed E-state index contributed by atoms with van der Waals surface area (Å²) >= 11 is 2.36. The number of hydrogen-bond donors (Lipinski definition) is 5. The van der Waals surface area contributed by atoms with Gasteiger partial charge in [0.1, 0.15) is 24.7 Å². The lowest BCUT2D eigenvalue weighted by atomic mass is 10.0. The third kappa shape index (κ3) is 38.2. The largest absolute Gasteiger partial charge is 0.467 e. The van der Waals surface area contributed by atoms with E-state index in [9.17, 15) is 43.2 Å². The fourth-order valence-corrected chi connectivity index (χ4v) is 10.2. The predicted molar refractivity (Wildman–Crippen MR) is 319 cm³/mol. The topological polar surface area (TPSA) is 235 Å². The first-order valence-corrected chi connectivity index (χ1v) is 31.1. The first-order chi connectivity index (χ1) is 38.0. The summed E-state index contributed by atoms with van der Waals surface area (Å²) in [7, 11) is 1.23. The van der Waals surface area contributed by atoms with Gasteiger partial charge in [-0.2, -0.15) is 11.8 Å². The average molecular weight is 1140 g/mol. The van der Waals surface area contributed by atoms with Crippen LogP contribution in [0.2, 0.25) is 0 Å². The van der Waals surface area contributed by atoms with Crippen LogP contribution < -0.4 is 26.6 Å². The van der Waals surface area contributed by atoms with Gasteiger partial charge in [0.2, 0.25) is 23.6 Å². The first-order valence-electron chi connectivity index (χ1n) is 29.0. The Labute approximate surface area is 481 Å². The monoisotopic (exact) mass is 1140 g/mol. The summed E-state index contributed by atoms with van der Waals surface area (Å²) in [6, 6.07) is -3.56. The molecule has 446 valence electrons. The minimum atomic E-state index is -1.30. The molecule has 0 unspecified atom stereocenters. The van der Waals surface area contributed by atoms with Crippen molar-refractivity contribution >= 4 is 76.1 Å². The van der Waals surface area contributed by atoms with Crippen molar-refractivity contribution in [2.75, 3.05) is 50.6 Å². The zero-order chi connectivity index (χ0) is 58.5. The van der Waals surface area contributed by atoms with E-state index in [2.05, 4.69) is 86.0 Å².